The lowest BCUT2D eigenvalue weighted by molar-refractivity contribution is -0.140. The van der Waals surface area contributed by atoms with Crippen LogP contribution < -0.4 is 0 Å². The number of carbonyl (C=O) groups excluding carboxylic acids is 1. The maximum absolute atomic E-state index is 11.0. The summed E-state index contributed by atoms with van der Waals surface area (Å²) >= 11 is 0. The molecule has 0 atom stereocenters. The van der Waals surface area contributed by atoms with Gasteiger partial charge in [-0.25, -0.2) is 0 Å². The van der Waals surface area contributed by atoms with E-state index in [0.29, 0.717) is 19.5 Å². The van der Waals surface area contributed by atoms with E-state index in [-0.39, 0.29) is 5.97 Å². The number of ether oxygens (including phenoxy) is 1. The van der Waals surface area contributed by atoms with Gasteiger partial charge in [0.2, 0.25) is 0 Å². The van der Waals surface area contributed by atoms with Gasteiger partial charge in [0.05, 0.1) is 20.1 Å². The normalized spacial score (nSPS) is 9.72. The molecule has 0 saturated carbocycles. The van der Waals surface area contributed by atoms with E-state index in [0.717, 1.165) is 12.1 Å². The minimum atomic E-state index is -0.176. The smallest absolute Gasteiger partial charge is 0.306 e. The SMILES string of the molecule is CCN(CC#Cc1ccccc1)CCC(=O)OC. The standard InChI is InChI=1S/C15H19NO2/c1-3-16(13-11-15(17)18-2)12-7-10-14-8-5-4-6-9-14/h4-6,8-9H,3,11-13H2,1-2H3. The first-order valence-electron chi connectivity index (χ1n) is 6.09. The lowest BCUT2D eigenvalue weighted by Gasteiger charge is -2.15. The molecule has 3 nitrogen and oxygen atoms in total. The van der Waals surface area contributed by atoms with Crippen LogP contribution in [-0.2, 0) is 9.53 Å². The largest absolute Gasteiger partial charge is 0.469 e. The number of nitrogens with zero attached hydrogens (tertiary/aromatic N) is 1. The summed E-state index contributed by atoms with van der Waals surface area (Å²) < 4.78 is 4.62. The van der Waals surface area contributed by atoms with Crippen LogP contribution in [0.5, 0.6) is 0 Å². The van der Waals surface area contributed by atoms with Gasteiger partial charge in [0.15, 0.2) is 0 Å². The first-order chi connectivity index (χ1) is 8.76. The van der Waals surface area contributed by atoms with E-state index in [2.05, 4.69) is 28.4 Å². The predicted octanol–water partition coefficient (Wildman–Crippen LogP) is 1.92. The van der Waals surface area contributed by atoms with Crippen molar-refractivity contribution >= 4 is 5.97 Å². The summed E-state index contributed by atoms with van der Waals surface area (Å²) in [4.78, 5) is 13.2. The van der Waals surface area contributed by atoms with Crippen molar-refractivity contribution in [1.82, 2.24) is 4.90 Å². The maximum atomic E-state index is 11.0. The summed E-state index contributed by atoms with van der Waals surface area (Å²) in [5.74, 6) is 6.05. The summed E-state index contributed by atoms with van der Waals surface area (Å²) in [7, 11) is 1.41. The molecule has 96 valence electrons. The van der Waals surface area contributed by atoms with Gasteiger partial charge < -0.3 is 4.74 Å². The van der Waals surface area contributed by atoms with Crippen molar-refractivity contribution in [2.24, 2.45) is 0 Å². The topological polar surface area (TPSA) is 29.5 Å². The van der Waals surface area contributed by atoms with Crippen LogP contribution in [0.3, 0.4) is 0 Å². The first-order valence-corrected chi connectivity index (χ1v) is 6.09. The number of rotatable bonds is 5. The summed E-state index contributed by atoms with van der Waals surface area (Å²) in [5.41, 5.74) is 1.02. The van der Waals surface area contributed by atoms with Crippen molar-refractivity contribution in [2.45, 2.75) is 13.3 Å². The molecule has 0 unspecified atom stereocenters. The fourth-order valence-corrected chi connectivity index (χ4v) is 1.48. The van der Waals surface area contributed by atoms with Crippen LogP contribution in [0.2, 0.25) is 0 Å². The van der Waals surface area contributed by atoms with Gasteiger partial charge >= 0.3 is 5.97 Å². The third-order valence-corrected chi connectivity index (χ3v) is 2.62. The average Bonchev–Trinajstić information content (AvgIpc) is 2.43. The second-order valence-corrected chi connectivity index (χ2v) is 3.86. The molecule has 1 aromatic rings. The zero-order valence-electron chi connectivity index (χ0n) is 11.0. The van der Waals surface area contributed by atoms with Crippen LogP contribution in [0, 0.1) is 11.8 Å². The Hall–Kier alpha value is -1.79. The third kappa shape index (κ3) is 5.51. The Bertz CT molecular complexity index is 417. The monoisotopic (exact) mass is 245 g/mol. The number of carbonyl (C=O) groups is 1. The van der Waals surface area contributed by atoms with Crippen molar-refractivity contribution < 1.29 is 9.53 Å². The highest BCUT2D eigenvalue weighted by molar-refractivity contribution is 5.69. The fraction of sp³-hybridized carbons (Fsp3) is 0.400. The fourth-order valence-electron chi connectivity index (χ4n) is 1.48. The van der Waals surface area contributed by atoms with Gasteiger partial charge in [0.25, 0.3) is 0 Å². The number of hydrogen-bond donors (Lipinski definition) is 0. The highest BCUT2D eigenvalue weighted by atomic mass is 16.5. The Balaban J connectivity index is 2.40. The maximum Gasteiger partial charge on any atom is 0.306 e. The van der Waals surface area contributed by atoms with Crippen LogP contribution in [-0.4, -0.2) is 37.6 Å². The summed E-state index contributed by atoms with van der Waals surface area (Å²) in [6.45, 7) is 4.29. The van der Waals surface area contributed by atoms with E-state index >= 15 is 0 Å². The van der Waals surface area contributed by atoms with Gasteiger partial charge in [-0.3, -0.25) is 9.69 Å². The Morgan fingerprint density at radius 2 is 2.06 bits per heavy atom. The minimum absolute atomic E-state index is 0.176. The summed E-state index contributed by atoms with van der Waals surface area (Å²) in [6, 6.07) is 9.88. The minimum Gasteiger partial charge on any atom is -0.469 e. The molecular weight excluding hydrogens is 226 g/mol. The van der Waals surface area contributed by atoms with Gasteiger partial charge in [-0.15, -0.1) is 0 Å². The lowest BCUT2D eigenvalue weighted by Crippen LogP contribution is -2.26. The van der Waals surface area contributed by atoms with Crippen molar-refractivity contribution in [2.75, 3.05) is 26.7 Å². The molecule has 0 radical (unpaired) electrons. The molecule has 0 saturated heterocycles. The molecule has 1 aromatic carbocycles. The molecule has 3 heteroatoms. The molecule has 0 heterocycles. The van der Waals surface area contributed by atoms with E-state index in [1.807, 2.05) is 30.3 Å². The number of methoxy groups -OCH3 is 1. The molecule has 0 bridgehead atoms. The molecular formula is C15H19NO2. The molecule has 0 fully saturated rings. The van der Waals surface area contributed by atoms with Crippen molar-refractivity contribution in [1.29, 1.82) is 0 Å². The molecule has 0 aromatic heterocycles. The molecule has 18 heavy (non-hydrogen) atoms. The zero-order chi connectivity index (χ0) is 13.2. The predicted molar refractivity (Wildman–Crippen MR) is 72.1 cm³/mol. The summed E-state index contributed by atoms with van der Waals surface area (Å²) in [5, 5.41) is 0. The van der Waals surface area contributed by atoms with Gasteiger partial charge in [-0.05, 0) is 18.7 Å². The second kappa shape index (κ2) is 8.32. The molecule has 0 N–H and O–H groups in total. The molecule has 0 amide bonds. The van der Waals surface area contributed by atoms with Crippen LogP contribution in [0.25, 0.3) is 0 Å². The van der Waals surface area contributed by atoms with Gasteiger partial charge in [0.1, 0.15) is 0 Å². The molecule has 0 aliphatic rings. The second-order valence-electron chi connectivity index (χ2n) is 3.86. The van der Waals surface area contributed by atoms with Gasteiger partial charge in [-0.2, -0.15) is 0 Å². The average molecular weight is 245 g/mol. The Kier molecular flexibility index (Phi) is 6.60. The van der Waals surface area contributed by atoms with Crippen LogP contribution in [0.4, 0.5) is 0 Å². The van der Waals surface area contributed by atoms with Gasteiger partial charge in [-0.1, -0.05) is 37.0 Å². The van der Waals surface area contributed by atoms with Crippen LogP contribution in [0.1, 0.15) is 18.9 Å². The highest BCUT2D eigenvalue weighted by Gasteiger charge is 2.04. The molecule has 0 aliphatic carbocycles. The molecule has 1 rings (SSSR count). The third-order valence-electron chi connectivity index (χ3n) is 2.62. The first kappa shape index (κ1) is 14.3. The van der Waals surface area contributed by atoms with Gasteiger partial charge in [0, 0.05) is 12.1 Å². The number of benzene rings is 1. The van der Waals surface area contributed by atoms with Crippen LogP contribution in [0.15, 0.2) is 30.3 Å². The van der Waals surface area contributed by atoms with E-state index in [4.69, 9.17) is 0 Å². The summed E-state index contributed by atoms with van der Waals surface area (Å²) in [6.07, 6.45) is 0.414. The lowest BCUT2D eigenvalue weighted by atomic mass is 10.2. The molecule has 0 spiro atoms. The Morgan fingerprint density at radius 1 is 1.33 bits per heavy atom. The quantitative estimate of drug-likeness (QED) is 0.586. The van der Waals surface area contributed by atoms with E-state index in [9.17, 15) is 4.79 Å². The van der Waals surface area contributed by atoms with E-state index in [1.54, 1.807) is 0 Å². The van der Waals surface area contributed by atoms with E-state index in [1.165, 1.54) is 7.11 Å². The van der Waals surface area contributed by atoms with Crippen molar-refractivity contribution in [3.05, 3.63) is 35.9 Å². The Labute approximate surface area is 109 Å². The van der Waals surface area contributed by atoms with Crippen molar-refractivity contribution in [3.63, 3.8) is 0 Å². The van der Waals surface area contributed by atoms with Crippen LogP contribution >= 0.6 is 0 Å². The van der Waals surface area contributed by atoms with E-state index < -0.39 is 0 Å². The Morgan fingerprint density at radius 3 is 2.67 bits per heavy atom. The number of esters is 1. The highest BCUT2D eigenvalue weighted by Crippen LogP contribution is 1.96. The number of hydrogen-bond acceptors (Lipinski definition) is 3. The van der Waals surface area contributed by atoms with Crippen molar-refractivity contribution in [3.8, 4) is 11.8 Å². The molecule has 0 aliphatic heterocycles. The zero-order valence-corrected chi connectivity index (χ0v) is 11.0.